The van der Waals surface area contributed by atoms with Gasteiger partial charge in [-0.05, 0) is 65.7 Å². The number of thiazole rings is 1. The molecule has 0 bridgehead atoms. The summed E-state index contributed by atoms with van der Waals surface area (Å²) in [6, 6.07) is 25.9. The number of ether oxygens (including phenoxy) is 4. The highest BCUT2D eigenvalue weighted by Gasteiger charge is 2.48. The van der Waals surface area contributed by atoms with E-state index in [4.69, 9.17) is 18.9 Å². The molecule has 9 nitrogen and oxygen atoms in total. The summed E-state index contributed by atoms with van der Waals surface area (Å²) in [5, 5.41) is 11.8. The molecule has 1 unspecified atom stereocenters. The fourth-order valence-corrected chi connectivity index (χ4v) is 6.10. The molecule has 0 aliphatic carbocycles. The predicted molar refractivity (Wildman–Crippen MR) is 168 cm³/mol. The van der Waals surface area contributed by atoms with Crippen molar-refractivity contribution in [3.8, 4) is 23.0 Å². The number of nitrogens with zero attached hydrogens (tertiary/aromatic N) is 2. The summed E-state index contributed by atoms with van der Waals surface area (Å²) in [5.74, 6) is 0.162. The van der Waals surface area contributed by atoms with E-state index in [0.29, 0.717) is 51.4 Å². The van der Waals surface area contributed by atoms with Crippen LogP contribution in [0.4, 0.5) is 5.13 Å². The lowest BCUT2D eigenvalue weighted by Gasteiger charge is -2.24. The molecular weight excluding hydrogens is 580 g/mol. The van der Waals surface area contributed by atoms with Gasteiger partial charge in [-0.1, -0.05) is 47.7 Å². The van der Waals surface area contributed by atoms with Crippen LogP contribution in [-0.2, 0) is 16.2 Å². The molecule has 1 aromatic heterocycles. The fourth-order valence-electron chi connectivity index (χ4n) is 5.08. The van der Waals surface area contributed by atoms with Crippen LogP contribution < -0.4 is 23.8 Å². The van der Waals surface area contributed by atoms with Gasteiger partial charge in [0.05, 0.1) is 43.2 Å². The molecule has 2 heterocycles. The zero-order valence-corrected chi connectivity index (χ0v) is 25.0. The molecule has 1 fully saturated rings. The van der Waals surface area contributed by atoms with Gasteiger partial charge in [0, 0.05) is 5.56 Å². The van der Waals surface area contributed by atoms with Crippen LogP contribution in [0.25, 0.3) is 16.0 Å². The van der Waals surface area contributed by atoms with Gasteiger partial charge in [0.25, 0.3) is 5.78 Å². The topological polar surface area (TPSA) is 107 Å². The number of fused-ring (bicyclic) bond motifs is 1. The number of aliphatic hydroxyl groups excluding tert-OH is 1. The molecule has 1 N–H and O–H groups in total. The van der Waals surface area contributed by atoms with Crippen LogP contribution in [0.1, 0.15) is 22.7 Å². The van der Waals surface area contributed by atoms with Gasteiger partial charge in [-0.3, -0.25) is 14.5 Å². The van der Waals surface area contributed by atoms with Crippen LogP contribution in [0.5, 0.6) is 23.0 Å². The lowest BCUT2D eigenvalue weighted by Crippen LogP contribution is -2.29. The molecule has 1 atom stereocenters. The highest BCUT2D eigenvalue weighted by atomic mass is 32.1. The van der Waals surface area contributed by atoms with E-state index >= 15 is 0 Å². The van der Waals surface area contributed by atoms with Crippen LogP contribution in [0.3, 0.4) is 0 Å². The zero-order chi connectivity index (χ0) is 30.8. The first-order chi connectivity index (χ1) is 21.4. The number of Topliss-reactive ketones (excluding diaryl/α,β-unsaturated/α-hetero) is 1. The van der Waals surface area contributed by atoms with Crippen molar-refractivity contribution in [2.24, 2.45) is 0 Å². The van der Waals surface area contributed by atoms with Crippen molar-refractivity contribution in [1.29, 1.82) is 0 Å². The van der Waals surface area contributed by atoms with Crippen LogP contribution >= 0.6 is 11.3 Å². The third-order valence-corrected chi connectivity index (χ3v) is 8.36. The van der Waals surface area contributed by atoms with Crippen molar-refractivity contribution in [2.45, 2.75) is 12.6 Å². The van der Waals surface area contributed by atoms with Crippen LogP contribution in [0, 0.1) is 0 Å². The van der Waals surface area contributed by atoms with E-state index in [2.05, 4.69) is 4.98 Å². The number of anilines is 1. The molecule has 222 valence electrons. The van der Waals surface area contributed by atoms with Gasteiger partial charge in [-0.15, -0.1) is 0 Å². The first-order valence-electron chi connectivity index (χ1n) is 13.7. The van der Waals surface area contributed by atoms with Crippen LogP contribution in [-0.4, -0.2) is 43.1 Å². The van der Waals surface area contributed by atoms with Gasteiger partial charge < -0.3 is 24.1 Å². The standard InChI is InChI=1S/C34H28N2O7S/c1-40-23-12-9-21(10-13-23)31(37)29-30(22-11-16-26(27(17-22)42-3)43-19-20-7-5-4-6-8-20)36(33(39)32(29)38)34-35-25-15-14-24(41-2)18-28(25)44-34/h4-18,30,37H,19H2,1-3H3/b31-29+. The average molecular weight is 609 g/mol. The summed E-state index contributed by atoms with van der Waals surface area (Å²) in [6.45, 7) is 0.321. The number of aliphatic hydroxyl groups is 1. The van der Waals surface area contributed by atoms with E-state index in [1.807, 2.05) is 36.4 Å². The van der Waals surface area contributed by atoms with Crippen molar-refractivity contribution < 1.29 is 33.6 Å². The maximum atomic E-state index is 13.7. The number of aromatic nitrogens is 1. The highest BCUT2D eigenvalue weighted by Crippen LogP contribution is 2.46. The van der Waals surface area contributed by atoms with Gasteiger partial charge in [-0.2, -0.15) is 0 Å². The second-order valence-corrected chi connectivity index (χ2v) is 10.9. The molecule has 10 heteroatoms. The summed E-state index contributed by atoms with van der Waals surface area (Å²) < 4.78 is 23.1. The van der Waals surface area contributed by atoms with Crippen molar-refractivity contribution in [3.63, 3.8) is 0 Å². The highest BCUT2D eigenvalue weighted by molar-refractivity contribution is 7.22. The molecule has 0 radical (unpaired) electrons. The Labute approximate surface area is 257 Å². The van der Waals surface area contributed by atoms with Crippen molar-refractivity contribution in [3.05, 3.63) is 113 Å². The Kier molecular flexibility index (Phi) is 7.91. The molecule has 0 spiro atoms. The molecule has 6 rings (SSSR count). The van der Waals surface area contributed by atoms with Gasteiger partial charge in [0.1, 0.15) is 23.9 Å². The smallest absolute Gasteiger partial charge is 0.301 e. The van der Waals surface area contributed by atoms with E-state index < -0.39 is 17.7 Å². The average Bonchev–Trinajstić information content (AvgIpc) is 3.60. The minimum Gasteiger partial charge on any atom is -0.507 e. The Morgan fingerprint density at radius 1 is 0.841 bits per heavy atom. The van der Waals surface area contributed by atoms with Crippen molar-refractivity contribution in [1.82, 2.24) is 4.98 Å². The van der Waals surface area contributed by atoms with E-state index in [9.17, 15) is 14.7 Å². The number of carbonyl (C=O) groups excluding carboxylic acids is 2. The molecular formula is C34H28N2O7S. The second-order valence-electron chi connectivity index (χ2n) is 9.91. The molecule has 1 aliphatic heterocycles. The molecule has 1 aliphatic rings. The number of ketones is 1. The first-order valence-corrected chi connectivity index (χ1v) is 14.5. The van der Waals surface area contributed by atoms with Gasteiger partial charge in [-0.25, -0.2) is 4.98 Å². The van der Waals surface area contributed by atoms with E-state index in [1.165, 1.54) is 30.5 Å². The maximum Gasteiger partial charge on any atom is 0.301 e. The minimum absolute atomic E-state index is 0.0722. The monoisotopic (exact) mass is 608 g/mol. The normalized spacial score (nSPS) is 15.9. The Bertz CT molecular complexity index is 1880. The van der Waals surface area contributed by atoms with Crippen LogP contribution in [0.15, 0.2) is 96.6 Å². The maximum absolute atomic E-state index is 13.7. The minimum atomic E-state index is -1.00. The van der Waals surface area contributed by atoms with Gasteiger partial charge >= 0.3 is 5.91 Å². The predicted octanol–water partition coefficient (Wildman–Crippen LogP) is 6.53. The molecule has 5 aromatic rings. The molecule has 0 saturated carbocycles. The Hall–Kier alpha value is -5.35. The summed E-state index contributed by atoms with van der Waals surface area (Å²) in [5.41, 5.74) is 2.44. The Morgan fingerprint density at radius 3 is 2.27 bits per heavy atom. The number of hydrogen-bond donors (Lipinski definition) is 1. The van der Waals surface area contributed by atoms with E-state index in [1.54, 1.807) is 61.7 Å². The number of carbonyl (C=O) groups is 2. The van der Waals surface area contributed by atoms with E-state index in [0.717, 1.165) is 10.3 Å². The van der Waals surface area contributed by atoms with Gasteiger partial charge in [0.15, 0.2) is 16.6 Å². The molecule has 44 heavy (non-hydrogen) atoms. The van der Waals surface area contributed by atoms with Crippen molar-refractivity contribution >= 4 is 44.1 Å². The second kappa shape index (κ2) is 12.1. The molecule has 1 saturated heterocycles. The number of benzene rings is 4. The number of methoxy groups -OCH3 is 3. The van der Waals surface area contributed by atoms with E-state index in [-0.39, 0.29) is 11.3 Å². The fraction of sp³-hybridized carbons (Fsp3) is 0.147. The third kappa shape index (κ3) is 5.31. The SMILES string of the molecule is COc1ccc(/C(O)=C2\C(=O)C(=O)N(c3nc4ccc(OC)cc4s3)C2c2ccc(OCc3ccccc3)c(OC)c2)cc1. The lowest BCUT2D eigenvalue weighted by molar-refractivity contribution is -0.132. The first kappa shape index (κ1) is 28.8. The van der Waals surface area contributed by atoms with Gasteiger partial charge in [0.2, 0.25) is 0 Å². The summed E-state index contributed by atoms with van der Waals surface area (Å²) >= 11 is 1.25. The largest absolute Gasteiger partial charge is 0.507 e. The van der Waals surface area contributed by atoms with Crippen molar-refractivity contribution in [2.75, 3.05) is 26.2 Å². The van der Waals surface area contributed by atoms with Crippen LogP contribution in [0.2, 0.25) is 0 Å². The summed E-state index contributed by atoms with van der Waals surface area (Å²) in [4.78, 5) is 33.4. The Morgan fingerprint density at radius 2 is 1.57 bits per heavy atom. The Balaban J connectivity index is 1.47. The number of amides is 1. The molecule has 4 aromatic carbocycles. The lowest BCUT2D eigenvalue weighted by atomic mass is 9.95. The summed E-state index contributed by atoms with van der Waals surface area (Å²) in [6.07, 6.45) is 0. The zero-order valence-electron chi connectivity index (χ0n) is 24.1. The number of hydrogen-bond acceptors (Lipinski definition) is 9. The summed E-state index contributed by atoms with van der Waals surface area (Å²) in [7, 11) is 4.62. The number of rotatable bonds is 9. The third-order valence-electron chi connectivity index (χ3n) is 7.34. The molecule has 1 amide bonds. The quantitative estimate of drug-likeness (QED) is 0.114.